The number of nitrogens with zero attached hydrogens (tertiary/aromatic N) is 4. The van der Waals surface area contributed by atoms with Gasteiger partial charge in [-0.2, -0.15) is 0 Å². The first-order valence-corrected chi connectivity index (χ1v) is 9.47. The number of hydrogen-bond acceptors (Lipinski definition) is 8. The second-order valence-corrected chi connectivity index (χ2v) is 6.95. The Balaban J connectivity index is 1.78. The minimum Gasteiger partial charge on any atom is -0.457 e. The van der Waals surface area contributed by atoms with E-state index >= 15 is 0 Å². The first kappa shape index (κ1) is 19.2. The molecule has 0 spiro atoms. The lowest BCUT2D eigenvalue weighted by Crippen LogP contribution is -1.93. The standard InChI is InChI=1S/C20H12N4O5S/c25-23(26)15-5-7-17(8-6-15)29-19-11-14(20-22-21-12-30-20)4-9-18(19)13-2-1-3-16(10-13)24(27)28/h1-12H. The number of aromatic nitrogens is 2. The molecular weight excluding hydrogens is 408 g/mol. The maximum atomic E-state index is 11.2. The van der Waals surface area contributed by atoms with Gasteiger partial charge >= 0.3 is 0 Å². The van der Waals surface area contributed by atoms with E-state index in [-0.39, 0.29) is 11.4 Å². The third-order valence-electron chi connectivity index (χ3n) is 4.23. The normalized spacial score (nSPS) is 10.5. The van der Waals surface area contributed by atoms with Crippen molar-refractivity contribution in [1.82, 2.24) is 10.2 Å². The summed E-state index contributed by atoms with van der Waals surface area (Å²) in [5.74, 6) is 0.818. The Morgan fingerprint density at radius 2 is 1.60 bits per heavy atom. The number of hydrogen-bond donors (Lipinski definition) is 0. The van der Waals surface area contributed by atoms with Crippen LogP contribution in [-0.2, 0) is 0 Å². The third kappa shape index (κ3) is 3.98. The van der Waals surface area contributed by atoms with Crippen LogP contribution in [-0.4, -0.2) is 20.0 Å². The number of non-ortho nitro benzene ring substituents is 2. The summed E-state index contributed by atoms with van der Waals surface area (Å²) >= 11 is 1.36. The highest BCUT2D eigenvalue weighted by Gasteiger charge is 2.15. The smallest absolute Gasteiger partial charge is 0.270 e. The summed E-state index contributed by atoms with van der Waals surface area (Å²) in [6.45, 7) is 0. The van der Waals surface area contributed by atoms with Crippen LogP contribution in [0, 0.1) is 20.2 Å². The molecule has 0 radical (unpaired) electrons. The molecular formula is C20H12N4O5S. The molecule has 1 heterocycles. The Labute approximate surface area is 173 Å². The maximum Gasteiger partial charge on any atom is 0.270 e. The van der Waals surface area contributed by atoms with Crippen molar-refractivity contribution < 1.29 is 14.6 Å². The van der Waals surface area contributed by atoms with Crippen LogP contribution < -0.4 is 4.74 Å². The molecule has 0 fully saturated rings. The lowest BCUT2D eigenvalue weighted by atomic mass is 10.0. The van der Waals surface area contributed by atoms with Crippen LogP contribution in [0.5, 0.6) is 11.5 Å². The van der Waals surface area contributed by atoms with Crippen LogP contribution in [0.25, 0.3) is 21.7 Å². The molecule has 148 valence electrons. The van der Waals surface area contributed by atoms with E-state index in [2.05, 4.69) is 10.2 Å². The Kier molecular flexibility index (Phi) is 5.14. The van der Waals surface area contributed by atoms with Crippen LogP contribution >= 0.6 is 11.3 Å². The van der Waals surface area contributed by atoms with Gasteiger partial charge in [0.1, 0.15) is 22.0 Å². The van der Waals surface area contributed by atoms with Gasteiger partial charge in [-0.3, -0.25) is 20.2 Å². The second kappa shape index (κ2) is 8.05. The van der Waals surface area contributed by atoms with Gasteiger partial charge in [0.15, 0.2) is 0 Å². The minimum absolute atomic E-state index is 0.0398. The van der Waals surface area contributed by atoms with E-state index < -0.39 is 9.85 Å². The van der Waals surface area contributed by atoms with Gasteiger partial charge in [0, 0.05) is 35.4 Å². The molecule has 0 aliphatic heterocycles. The number of ether oxygens (including phenoxy) is 1. The first-order chi connectivity index (χ1) is 14.5. The Bertz CT molecular complexity index is 1230. The van der Waals surface area contributed by atoms with E-state index in [4.69, 9.17) is 4.74 Å². The lowest BCUT2D eigenvalue weighted by Gasteiger charge is -2.13. The molecule has 0 N–H and O–H groups in total. The van der Waals surface area contributed by atoms with E-state index in [1.165, 1.54) is 47.7 Å². The molecule has 1 aromatic heterocycles. The summed E-state index contributed by atoms with van der Waals surface area (Å²) in [4.78, 5) is 21.1. The molecule has 0 unspecified atom stereocenters. The molecule has 3 aromatic carbocycles. The van der Waals surface area contributed by atoms with E-state index in [0.717, 1.165) is 5.56 Å². The van der Waals surface area contributed by atoms with Gasteiger partial charge < -0.3 is 4.74 Å². The summed E-state index contributed by atoms with van der Waals surface area (Å²) < 4.78 is 6.00. The largest absolute Gasteiger partial charge is 0.457 e. The van der Waals surface area contributed by atoms with Crippen molar-refractivity contribution in [1.29, 1.82) is 0 Å². The van der Waals surface area contributed by atoms with Crippen molar-refractivity contribution in [2.24, 2.45) is 0 Å². The molecule has 30 heavy (non-hydrogen) atoms. The molecule has 4 aromatic rings. The average Bonchev–Trinajstić information content (AvgIpc) is 3.29. The van der Waals surface area contributed by atoms with Crippen LogP contribution in [0.3, 0.4) is 0 Å². The molecule has 9 nitrogen and oxygen atoms in total. The van der Waals surface area contributed by atoms with Crippen LogP contribution in [0.2, 0.25) is 0 Å². The molecule has 0 amide bonds. The molecule has 0 aliphatic carbocycles. The Morgan fingerprint density at radius 3 is 2.27 bits per heavy atom. The van der Waals surface area contributed by atoms with Crippen molar-refractivity contribution in [3.05, 3.63) is 92.5 Å². The summed E-state index contributed by atoms with van der Waals surface area (Å²) in [5, 5.41) is 30.6. The molecule has 0 atom stereocenters. The molecule has 0 saturated heterocycles. The van der Waals surface area contributed by atoms with E-state index in [0.29, 0.717) is 27.6 Å². The predicted molar refractivity (Wildman–Crippen MR) is 111 cm³/mol. The number of nitro benzene ring substituents is 2. The zero-order chi connectivity index (χ0) is 21.1. The van der Waals surface area contributed by atoms with Crippen molar-refractivity contribution >= 4 is 22.7 Å². The fourth-order valence-electron chi connectivity index (χ4n) is 2.83. The Hall–Kier alpha value is -4.18. The maximum absolute atomic E-state index is 11.2. The third-order valence-corrected chi connectivity index (χ3v) is 4.97. The fourth-order valence-corrected chi connectivity index (χ4v) is 3.38. The fraction of sp³-hybridized carbons (Fsp3) is 0. The monoisotopic (exact) mass is 420 g/mol. The summed E-state index contributed by atoms with van der Waals surface area (Å²) in [6, 6.07) is 17.3. The molecule has 0 saturated carbocycles. The first-order valence-electron chi connectivity index (χ1n) is 8.59. The van der Waals surface area contributed by atoms with Gasteiger partial charge in [0.25, 0.3) is 11.4 Å². The van der Waals surface area contributed by atoms with Crippen LogP contribution in [0.1, 0.15) is 0 Å². The molecule has 0 bridgehead atoms. The SMILES string of the molecule is O=[N+]([O-])c1ccc(Oc2cc(-c3nncs3)ccc2-c2cccc([N+](=O)[O-])c2)cc1. The highest BCUT2D eigenvalue weighted by Crippen LogP contribution is 2.38. The van der Waals surface area contributed by atoms with Gasteiger partial charge in [-0.25, -0.2) is 0 Å². The summed E-state index contributed by atoms with van der Waals surface area (Å²) in [6.07, 6.45) is 0. The van der Waals surface area contributed by atoms with E-state index in [1.54, 1.807) is 29.8 Å². The van der Waals surface area contributed by atoms with Crippen molar-refractivity contribution in [3.8, 4) is 33.2 Å². The number of nitro groups is 2. The number of benzene rings is 3. The van der Waals surface area contributed by atoms with Crippen molar-refractivity contribution in [3.63, 3.8) is 0 Å². The highest BCUT2D eigenvalue weighted by atomic mass is 32.1. The van der Waals surface area contributed by atoms with Gasteiger partial charge in [0.05, 0.1) is 9.85 Å². The zero-order valence-corrected chi connectivity index (χ0v) is 16.0. The van der Waals surface area contributed by atoms with Crippen LogP contribution in [0.4, 0.5) is 11.4 Å². The molecule has 0 aliphatic rings. The molecule has 10 heteroatoms. The quantitative estimate of drug-likeness (QED) is 0.299. The predicted octanol–water partition coefficient (Wildman–Crippen LogP) is 5.48. The minimum atomic E-state index is -0.492. The number of rotatable bonds is 6. The summed E-state index contributed by atoms with van der Waals surface area (Å²) in [5.41, 5.74) is 3.52. The molecule has 4 rings (SSSR count). The van der Waals surface area contributed by atoms with Gasteiger partial charge in [-0.1, -0.05) is 29.5 Å². The van der Waals surface area contributed by atoms with Crippen molar-refractivity contribution in [2.45, 2.75) is 0 Å². The average molecular weight is 420 g/mol. The topological polar surface area (TPSA) is 121 Å². The van der Waals surface area contributed by atoms with E-state index in [9.17, 15) is 20.2 Å². The highest BCUT2D eigenvalue weighted by molar-refractivity contribution is 7.12. The lowest BCUT2D eigenvalue weighted by molar-refractivity contribution is -0.385. The zero-order valence-electron chi connectivity index (χ0n) is 15.2. The van der Waals surface area contributed by atoms with Gasteiger partial charge in [0.2, 0.25) is 0 Å². The summed E-state index contributed by atoms with van der Waals surface area (Å²) in [7, 11) is 0. The van der Waals surface area contributed by atoms with Gasteiger partial charge in [-0.15, -0.1) is 10.2 Å². The van der Waals surface area contributed by atoms with E-state index in [1.807, 2.05) is 6.07 Å². The van der Waals surface area contributed by atoms with Gasteiger partial charge in [-0.05, 0) is 29.8 Å². The Morgan fingerprint density at radius 1 is 0.833 bits per heavy atom. The van der Waals surface area contributed by atoms with Crippen LogP contribution in [0.15, 0.2) is 72.2 Å². The second-order valence-electron chi connectivity index (χ2n) is 6.12. The van der Waals surface area contributed by atoms with Crippen molar-refractivity contribution in [2.75, 3.05) is 0 Å².